The summed E-state index contributed by atoms with van der Waals surface area (Å²) < 4.78 is 0. The molecule has 0 spiro atoms. The van der Waals surface area contributed by atoms with E-state index in [9.17, 15) is 4.79 Å². The first-order chi connectivity index (χ1) is 9.08. The van der Waals surface area contributed by atoms with E-state index in [4.69, 9.17) is 23.2 Å². The molecular weight excluding hydrogens is 283 g/mol. The third-order valence-corrected chi connectivity index (χ3v) is 4.17. The number of benzene rings is 1. The second-order valence-electron chi connectivity index (χ2n) is 4.91. The van der Waals surface area contributed by atoms with Crippen molar-refractivity contribution >= 4 is 29.1 Å². The maximum atomic E-state index is 12.1. The van der Waals surface area contributed by atoms with Crippen molar-refractivity contribution in [3.05, 3.63) is 33.8 Å². The van der Waals surface area contributed by atoms with E-state index in [0.717, 1.165) is 31.4 Å². The van der Waals surface area contributed by atoms with Crippen LogP contribution in [0.3, 0.4) is 0 Å². The SMILES string of the molecule is CC(NC(=O)[C@@H]1CCCCN1)c1ccc(Cl)c(Cl)c1. The molecule has 0 aromatic heterocycles. The molecule has 1 amide bonds. The van der Waals surface area contributed by atoms with Gasteiger partial charge in [-0.3, -0.25) is 4.79 Å². The summed E-state index contributed by atoms with van der Waals surface area (Å²) in [5, 5.41) is 7.28. The van der Waals surface area contributed by atoms with E-state index in [1.807, 2.05) is 13.0 Å². The van der Waals surface area contributed by atoms with Gasteiger partial charge in [0, 0.05) is 0 Å². The highest BCUT2D eigenvalue weighted by atomic mass is 35.5. The third-order valence-electron chi connectivity index (χ3n) is 3.43. The lowest BCUT2D eigenvalue weighted by molar-refractivity contribution is -0.124. The van der Waals surface area contributed by atoms with Crippen LogP contribution in [0.15, 0.2) is 18.2 Å². The smallest absolute Gasteiger partial charge is 0.237 e. The maximum Gasteiger partial charge on any atom is 0.237 e. The fourth-order valence-electron chi connectivity index (χ4n) is 2.25. The van der Waals surface area contributed by atoms with Crippen molar-refractivity contribution in [2.75, 3.05) is 6.54 Å². The number of carbonyl (C=O) groups is 1. The van der Waals surface area contributed by atoms with Crippen molar-refractivity contribution in [2.24, 2.45) is 0 Å². The molecule has 1 heterocycles. The van der Waals surface area contributed by atoms with Crippen molar-refractivity contribution in [1.29, 1.82) is 0 Å². The van der Waals surface area contributed by atoms with Gasteiger partial charge in [0.05, 0.1) is 22.1 Å². The highest BCUT2D eigenvalue weighted by Gasteiger charge is 2.22. The number of piperidine rings is 1. The van der Waals surface area contributed by atoms with E-state index in [1.54, 1.807) is 12.1 Å². The lowest BCUT2D eigenvalue weighted by Gasteiger charge is -2.24. The molecular formula is C14H18Cl2N2O. The van der Waals surface area contributed by atoms with Gasteiger partial charge in [0.2, 0.25) is 5.91 Å². The Morgan fingerprint density at radius 1 is 1.37 bits per heavy atom. The number of halogens is 2. The Kier molecular flexibility index (Phi) is 5.08. The van der Waals surface area contributed by atoms with Gasteiger partial charge >= 0.3 is 0 Å². The summed E-state index contributed by atoms with van der Waals surface area (Å²) in [6.45, 7) is 2.86. The Labute approximate surface area is 123 Å². The third kappa shape index (κ3) is 3.85. The van der Waals surface area contributed by atoms with Crippen molar-refractivity contribution in [3.8, 4) is 0 Å². The summed E-state index contributed by atoms with van der Waals surface area (Å²) in [5.41, 5.74) is 0.957. The number of carbonyl (C=O) groups excluding carboxylic acids is 1. The first kappa shape index (κ1) is 14.6. The van der Waals surface area contributed by atoms with Crippen molar-refractivity contribution in [3.63, 3.8) is 0 Å². The van der Waals surface area contributed by atoms with Crippen LogP contribution in [0.1, 0.15) is 37.8 Å². The predicted octanol–water partition coefficient (Wildman–Crippen LogP) is 3.31. The molecule has 0 bridgehead atoms. The van der Waals surface area contributed by atoms with Gasteiger partial charge in [0.1, 0.15) is 0 Å². The summed E-state index contributed by atoms with van der Waals surface area (Å²) >= 11 is 11.9. The Hall–Kier alpha value is -0.770. The van der Waals surface area contributed by atoms with Crippen molar-refractivity contribution < 1.29 is 4.79 Å². The molecule has 104 valence electrons. The fraction of sp³-hybridized carbons (Fsp3) is 0.500. The lowest BCUT2D eigenvalue weighted by Crippen LogP contribution is -2.47. The molecule has 1 aliphatic rings. The predicted molar refractivity (Wildman–Crippen MR) is 78.7 cm³/mol. The average molecular weight is 301 g/mol. The molecule has 1 fully saturated rings. The minimum Gasteiger partial charge on any atom is -0.348 e. The summed E-state index contributed by atoms with van der Waals surface area (Å²) in [6.07, 6.45) is 3.15. The largest absolute Gasteiger partial charge is 0.348 e. The van der Waals surface area contributed by atoms with Crippen LogP contribution in [0.4, 0.5) is 0 Å². The van der Waals surface area contributed by atoms with Crippen LogP contribution in [0.2, 0.25) is 10.0 Å². The molecule has 0 saturated carbocycles. The van der Waals surface area contributed by atoms with Crippen LogP contribution >= 0.6 is 23.2 Å². The molecule has 1 saturated heterocycles. The van der Waals surface area contributed by atoms with E-state index in [1.165, 1.54) is 0 Å². The number of rotatable bonds is 3. The first-order valence-electron chi connectivity index (χ1n) is 6.56. The standard InChI is InChI=1S/C14H18Cl2N2O/c1-9(10-5-6-11(15)12(16)8-10)18-14(19)13-4-2-3-7-17-13/h5-6,8-9,13,17H,2-4,7H2,1H3,(H,18,19)/t9?,13-/m0/s1. The Bertz CT molecular complexity index is 459. The van der Waals surface area contributed by atoms with Crippen LogP contribution in [0.25, 0.3) is 0 Å². The number of hydrogen-bond acceptors (Lipinski definition) is 2. The topological polar surface area (TPSA) is 41.1 Å². The molecule has 2 N–H and O–H groups in total. The monoisotopic (exact) mass is 300 g/mol. The quantitative estimate of drug-likeness (QED) is 0.899. The molecule has 1 aromatic carbocycles. The van der Waals surface area contributed by atoms with E-state index in [0.29, 0.717) is 10.0 Å². The number of amides is 1. The molecule has 0 radical (unpaired) electrons. The summed E-state index contributed by atoms with van der Waals surface area (Å²) in [7, 11) is 0. The highest BCUT2D eigenvalue weighted by Crippen LogP contribution is 2.25. The van der Waals surface area contributed by atoms with Gasteiger partial charge in [-0.1, -0.05) is 35.7 Å². The van der Waals surface area contributed by atoms with Gasteiger partial charge in [-0.05, 0) is 44.0 Å². The summed E-state index contributed by atoms with van der Waals surface area (Å²) in [5.74, 6) is 0.0540. The molecule has 1 unspecified atom stereocenters. The molecule has 5 heteroatoms. The Morgan fingerprint density at radius 2 is 2.16 bits per heavy atom. The molecule has 2 atom stereocenters. The van der Waals surface area contributed by atoms with Crippen LogP contribution in [-0.4, -0.2) is 18.5 Å². The van der Waals surface area contributed by atoms with Crippen LogP contribution < -0.4 is 10.6 Å². The summed E-state index contributed by atoms with van der Waals surface area (Å²) in [6, 6.07) is 5.28. The molecule has 2 rings (SSSR count). The Morgan fingerprint density at radius 3 is 2.79 bits per heavy atom. The van der Waals surface area contributed by atoms with Gasteiger partial charge in [0.25, 0.3) is 0 Å². The zero-order valence-electron chi connectivity index (χ0n) is 10.9. The van der Waals surface area contributed by atoms with Gasteiger partial charge in [-0.25, -0.2) is 0 Å². The minimum absolute atomic E-state index is 0.0540. The van der Waals surface area contributed by atoms with Gasteiger partial charge in [0.15, 0.2) is 0 Å². The zero-order chi connectivity index (χ0) is 13.8. The van der Waals surface area contributed by atoms with Gasteiger partial charge < -0.3 is 10.6 Å². The molecule has 1 aromatic rings. The second-order valence-corrected chi connectivity index (χ2v) is 5.72. The molecule has 1 aliphatic heterocycles. The Balaban J connectivity index is 1.97. The van der Waals surface area contributed by atoms with E-state index in [-0.39, 0.29) is 18.0 Å². The number of nitrogens with one attached hydrogen (secondary N) is 2. The molecule has 3 nitrogen and oxygen atoms in total. The van der Waals surface area contributed by atoms with E-state index in [2.05, 4.69) is 10.6 Å². The van der Waals surface area contributed by atoms with Crippen molar-refractivity contribution in [1.82, 2.24) is 10.6 Å². The zero-order valence-corrected chi connectivity index (χ0v) is 12.4. The fourth-order valence-corrected chi connectivity index (χ4v) is 2.56. The molecule has 0 aliphatic carbocycles. The first-order valence-corrected chi connectivity index (χ1v) is 7.32. The minimum atomic E-state index is -0.0778. The lowest BCUT2D eigenvalue weighted by atomic mass is 10.0. The van der Waals surface area contributed by atoms with E-state index >= 15 is 0 Å². The van der Waals surface area contributed by atoms with Gasteiger partial charge in [-0.15, -0.1) is 0 Å². The van der Waals surface area contributed by atoms with E-state index < -0.39 is 0 Å². The average Bonchev–Trinajstić information content (AvgIpc) is 2.42. The van der Waals surface area contributed by atoms with Crippen LogP contribution in [0, 0.1) is 0 Å². The number of hydrogen-bond donors (Lipinski definition) is 2. The van der Waals surface area contributed by atoms with Gasteiger partial charge in [-0.2, -0.15) is 0 Å². The molecule has 19 heavy (non-hydrogen) atoms. The maximum absolute atomic E-state index is 12.1. The van der Waals surface area contributed by atoms with Crippen molar-refractivity contribution in [2.45, 2.75) is 38.3 Å². The highest BCUT2D eigenvalue weighted by molar-refractivity contribution is 6.42. The van der Waals surface area contributed by atoms with Crippen LogP contribution in [-0.2, 0) is 4.79 Å². The second kappa shape index (κ2) is 6.60. The normalized spacial score (nSPS) is 20.9. The van der Waals surface area contributed by atoms with Crippen LogP contribution in [0.5, 0.6) is 0 Å². The summed E-state index contributed by atoms with van der Waals surface area (Å²) in [4.78, 5) is 12.1.